The molecule has 5 heteroatoms. The van der Waals surface area contributed by atoms with E-state index in [1.165, 1.54) is 22.3 Å². The third-order valence-corrected chi connectivity index (χ3v) is 7.34. The summed E-state index contributed by atoms with van der Waals surface area (Å²) < 4.78 is 0. The Morgan fingerprint density at radius 2 is 1.07 bits per heavy atom. The van der Waals surface area contributed by atoms with Crippen molar-refractivity contribution in [3.05, 3.63) is 94.6 Å². The molecular weight excluding hydrogens is 502 g/mol. The van der Waals surface area contributed by atoms with Gasteiger partial charge in [-0.1, -0.05) is 118 Å². The highest BCUT2D eigenvalue weighted by Gasteiger charge is 2.17. The molecule has 0 amide bonds. The number of nitrogens with zero attached hydrogens (tertiary/aromatic N) is 4. The molecule has 0 fully saturated rings. The van der Waals surface area contributed by atoms with E-state index in [0.29, 0.717) is 18.4 Å². The molecule has 4 aromatic rings. The molecule has 0 radical (unpaired) electrons. The number of nitrogens with two attached hydrogens (primary N) is 1. The molecule has 0 aliphatic rings. The van der Waals surface area contributed by atoms with Crippen LogP contribution < -0.4 is 5.73 Å². The average molecular weight is 552 g/mol. The van der Waals surface area contributed by atoms with E-state index in [-0.39, 0.29) is 10.8 Å². The highest BCUT2D eigenvalue weighted by Crippen LogP contribution is 2.28. The molecule has 5 nitrogen and oxygen atoms in total. The fraction of sp³-hybridized carbons (Fsp3) is 0.444. The normalized spacial score (nSPS) is 12.0. The van der Waals surface area contributed by atoms with Gasteiger partial charge < -0.3 is 5.73 Å². The predicted octanol–water partition coefficient (Wildman–Crippen LogP) is 8.90. The van der Waals surface area contributed by atoms with Gasteiger partial charge in [-0.15, -0.1) is 0 Å². The van der Waals surface area contributed by atoms with Crippen molar-refractivity contribution in [1.82, 2.24) is 19.9 Å². The minimum absolute atomic E-state index is 0.152. The summed E-state index contributed by atoms with van der Waals surface area (Å²) in [5.74, 6) is 2.42. The lowest BCUT2D eigenvalue weighted by Crippen LogP contribution is -2.12. The van der Waals surface area contributed by atoms with Gasteiger partial charge in [0.15, 0.2) is 11.6 Å². The van der Waals surface area contributed by atoms with Crippen molar-refractivity contribution in [2.75, 3.05) is 0 Å². The lowest BCUT2D eigenvalue weighted by atomic mass is 9.86. The molecule has 0 spiro atoms. The molecule has 41 heavy (non-hydrogen) atoms. The molecule has 0 unspecified atom stereocenters. The van der Waals surface area contributed by atoms with Crippen molar-refractivity contribution >= 4 is 0 Å². The fourth-order valence-corrected chi connectivity index (χ4v) is 4.70. The van der Waals surface area contributed by atoms with Crippen LogP contribution in [0.25, 0.3) is 22.8 Å². The van der Waals surface area contributed by atoms with Gasteiger partial charge in [-0.05, 0) is 51.8 Å². The van der Waals surface area contributed by atoms with E-state index in [9.17, 15) is 0 Å². The van der Waals surface area contributed by atoms with E-state index in [4.69, 9.17) is 15.7 Å². The zero-order chi connectivity index (χ0) is 30.5. The van der Waals surface area contributed by atoms with Gasteiger partial charge in [-0.3, -0.25) is 0 Å². The highest BCUT2D eigenvalue weighted by molar-refractivity contribution is 5.57. The number of hydrogen-bond donors (Lipinski definition) is 1. The molecule has 2 heterocycles. The maximum absolute atomic E-state index is 5.90. The summed E-state index contributed by atoms with van der Waals surface area (Å²) in [6, 6.07) is 17.1. The summed E-state index contributed by atoms with van der Waals surface area (Å²) in [5, 5.41) is 0. The van der Waals surface area contributed by atoms with Crippen LogP contribution in [-0.4, -0.2) is 19.9 Å². The summed E-state index contributed by atoms with van der Waals surface area (Å²) in [4.78, 5) is 18.3. The smallest absolute Gasteiger partial charge is 0.159 e. The topological polar surface area (TPSA) is 77.6 Å². The van der Waals surface area contributed by atoms with Crippen LogP contribution in [0, 0.1) is 6.92 Å². The van der Waals surface area contributed by atoms with Crippen LogP contribution in [0.15, 0.2) is 60.9 Å². The monoisotopic (exact) mass is 551 g/mol. The van der Waals surface area contributed by atoms with Crippen LogP contribution in [0.4, 0.5) is 0 Å². The molecule has 0 aliphatic heterocycles. The lowest BCUT2D eigenvalue weighted by Gasteiger charge is -2.19. The Morgan fingerprint density at radius 3 is 1.44 bits per heavy atom. The van der Waals surface area contributed by atoms with Crippen molar-refractivity contribution in [3.63, 3.8) is 0 Å². The molecule has 0 aliphatic carbocycles. The Labute approximate surface area is 248 Å². The minimum Gasteiger partial charge on any atom is -0.325 e. The molecule has 4 rings (SSSR count). The molecule has 0 atom stereocenters. The molecular formula is C36H49N5. The van der Waals surface area contributed by atoms with Gasteiger partial charge in [0.25, 0.3) is 0 Å². The third kappa shape index (κ3) is 8.29. The molecule has 2 aromatic carbocycles. The molecule has 2 N–H and O–H groups in total. The average Bonchev–Trinajstić information content (AvgIpc) is 2.92. The summed E-state index contributed by atoms with van der Waals surface area (Å²) in [6.07, 6.45) is 3.84. The van der Waals surface area contributed by atoms with Crippen molar-refractivity contribution in [1.29, 1.82) is 0 Å². The maximum Gasteiger partial charge on any atom is 0.159 e. The summed E-state index contributed by atoms with van der Waals surface area (Å²) in [7, 11) is 0. The van der Waals surface area contributed by atoms with Gasteiger partial charge in [-0.2, -0.15) is 0 Å². The summed E-state index contributed by atoms with van der Waals surface area (Å²) in [5.41, 5.74) is 15.3. The third-order valence-electron chi connectivity index (χ3n) is 7.34. The van der Waals surface area contributed by atoms with Crippen LogP contribution in [0.1, 0.15) is 115 Å². The first kappa shape index (κ1) is 32.1. The molecule has 0 saturated heterocycles. The number of benzene rings is 2. The van der Waals surface area contributed by atoms with Crippen LogP contribution in [0.2, 0.25) is 0 Å². The zero-order valence-electron chi connectivity index (χ0n) is 27.0. The van der Waals surface area contributed by atoms with E-state index in [0.717, 1.165) is 34.2 Å². The molecule has 0 saturated carbocycles. The van der Waals surface area contributed by atoms with Crippen LogP contribution in [0.3, 0.4) is 0 Å². The fourth-order valence-electron chi connectivity index (χ4n) is 4.70. The number of rotatable bonds is 5. The Kier molecular flexibility index (Phi) is 10.2. The molecule has 0 bridgehead atoms. The zero-order valence-corrected chi connectivity index (χ0v) is 27.0. The van der Waals surface area contributed by atoms with Gasteiger partial charge in [0.2, 0.25) is 0 Å². The molecule has 218 valence electrons. The summed E-state index contributed by atoms with van der Waals surface area (Å²) in [6.45, 7) is 24.4. The maximum atomic E-state index is 5.90. The quantitative estimate of drug-likeness (QED) is 0.268. The van der Waals surface area contributed by atoms with Crippen LogP contribution >= 0.6 is 0 Å². The Balaban J connectivity index is 0.000000228. The predicted molar refractivity (Wildman–Crippen MR) is 173 cm³/mol. The second kappa shape index (κ2) is 13.0. The van der Waals surface area contributed by atoms with Gasteiger partial charge in [0.1, 0.15) is 0 Å². The van der Waals surface area contributed by atoms with Crippen LogP contribution in [0.5, 0.6) is 0 Å². The minimum atomic E-state index is 0.152. The van der Waals surface area contributed by atoms with Crippen molar-refractivity contribution in [2.24, 2.45) is 5.73 Å². The first-order valence-corrected chi connectivity index (χ1v) is 14.7. The van der Waals surface area contributed by atoms with E-state index >= 15 is 0 Å². The molecule has 2 aromatic heterocycles. The van der Waals surface area contributed by atoms with Crippen molar-refractivity contribution in [3.8, 4) is 22.8 Å². The number of aryl methyl sites for hydroxylation is 1. The second-order valence-corrected chi connectivity index (χ2v) is 13.5. The van der Waals surface area contributed by atoms with Gasteiger partial charge >= 0.3 is 0 Å². The van der Waals surface area contributed by atoms with E-state index in [2.05, 4.69) is 128 Å². The highest BCUT2D eigenvalue weighted by atomic mass is 14.9. The Morgan fingerprint density at radius 1 is 0.634 bits per heavy atom. The first-order valence-electron chi connectivity index (χ1n) is 14.7. The van der Waals surface area contributed by atoms with Crippen LogP contribution in [-0.2, 0) is 17.4 Å². The van der Waals surface area contributed by atoms with Gasteiger partial charge in [-0.25, -0.2) is 19.9 Å². The SMILES string of the molecule is CC(C)c1cnc(-c2ccc(C(C)(C)C)cc2)nc1.Cc1nc(-c2ccc(C(C)(C)C)cc2)nc(CN)c1C(C)C. The first-order chi connectivity index (χ1) is 19.1. The van der Waals surface area contributed by atoms with Crippen molar-refractivity contribution in [2.45, 2.75) is 105 Å². The second-order valence-electron chi connectivity index (χ2n) is 13.5. The Bertz CT molecular complexity index is 1400. The number of aromatic nitrogens is 4. The standard InChI is InChI=1S/C19H27N3.C17H22N2/c1-12(2)17-13(3)21-18(22-16(17)11-20)14-7-9-15(10-8-14)19(4,5)6;1-12(2)14-10-18-16(19-11-14)13-6-8-15(9-7-13)17(3,4)5/h7-10,12H,11,20H2,1-6H3;6-12H,1-5H3. The van der Waals surface area contributed by atoms with Gasteiger partial charge in [0.05, 0.1) is 5.69 Å². The Hall–Kier alpha value is -3.44. The van der Waals surface area contributed by atoms with Crippen molar-refractivity contribution < 1.29 is 0 Å². The number of hydrogen-bond acceptors (Lipinski definition) is 5. The summed E-state index contributed by atoms with van der Waals surface area (Å²) >= 11 is 0. The van der Waals surface area contributed by atoms with E-state index in [1.807, 2.05) is 19.3 Å². The van der Waals surface area contributed by atoms with E-state index < -0.39 is 0 Å². The largest absolute Gasteiger partial charge is 0.325 e. The van der Waals surface area contributed by atoms with E-state index in [1.54, 1.807) is 0 Å². The van der Waals surface area contributed by atoms with Gasteiger partial charge in [0, 0.05) is 35.8 Å². The lowest BCUT2D eigenvalue weighted by molar-refractivity contribution is 0.590.